The fourth-order valence-electron chi connectivity index (χ4n) is 6.67. The lowest BCUT2D eigenvalue weighted by Crippen LogP contribution is -2.57. The third kappa shape index (κ3) is 17.4. The number of rotatable bonds is 27. The van der Waals surface area contributed by atoms with E-state index >= 15 is 0 Å². The molecule has 2 rings (SSSR count). The number of carbonyl (C=O) groups excluding carboxylic acids is 9. The summed E-state index contributed by atoms with van der Waals surface area (Å²) in [5.74, 6) is -9.49. The van der Waals surface area contributed by atoms with Crippen molar-refractivity contribution in [2.24, 2.45) is 11.5 Å². The van der Waals surface area contributed by atoms with Crippen LogP contribution in [0.15, 0.2) is 0 Å². The van der Waals surface area contributed by atoms with E-state index < -0.39 is 141 Å². The zero-order valence-electron chi connectivity index (χ0n) is 34.5. The van der Waals surface area contributed by atoms with Gasteiger partial charge in [0.25, 0.3) is 0 Å². The lowest BCUT2D eigenvalue weighted by atomic mass is 10.1. The Morgan fingerprint density at radius 1 is 0.645 bits per heavy atom. The molecule has 0 unspecified atom stereocenters. The second kappa shape index (κ2) is 27.4. The second-order valence-electron chi connectivity index (χ2n) is 14.4. The SMILES string of the molecule is CSCC[C@H](NC(=O)[C@H](CC(=O)O)NC(=O)CNC(=O)[C@H](CCCCN)NC(=O)[C@@H]1CCCN1C(=O)CNC(=O)[C@@H]1CCCN1C(=O)[C@H](CO)NC(=O)CN)C(=O)NCC(=O)O. The summed E-state index contributed by atoms with van der Waals surface area (Å²) in [6.07, 6.45) is 3.13. The van der Waals surface area contributed by atoms with Crippen LogP contribution in [0.3, 0.4) is 0 Å². The molecule has 14 N–H and O–H groups in total. The number of hydrogen-bond donors (Lipinski definition) is 12. The highest BCUT2D eigenvalue weighted by Crippen LogP contribution is 2.20. The van der Waals surface area contributed by atoms with Gasteiger partial charge in [0.05, 0.1) is 32.7 Å². The van der Waals surface area contributed by atoms with Gasteiger partial charge < -0.3 is 73.8 Å². The molecule has 2 saturated heterocycles. The van der Waals surface area contributed by atoms with E-state index in [1.165, 1.54) is 21.6 Å². The van der Waals surface area contributed by atoms with Gasteiger partial charge in [0, 0.05) is 13.1 Å². The number of aliphatic carboxylic acids is 2. The number of carboxylic acid groups (broad SMARTS) is 2. The number of unbranched alkanes of at least 4 members (excludes halogenated alkanes) is 1. The van der Waals surface area contributed by atoms with Crippen LogP contribution in [0.5, 0.6) is 0 Å². The van der Waals surface area contributed by atoms with Crippen molar-refractivity contribution in [3.8, 4) is 0 Å². The van der Waals surface area contributed by atoms with Gasteiger partial charge in [0.15, 0.2) is 0 Å². The zero-order valence-corrected chi connectivity index (χ0v) is 35.3. The molecule has 0 saturated carbocycles. The number of hydrogen-bond acceptors (Lipinski definition) is 15. The van der Waals surface area contributed by atoms with Gasteiger partial charge in [-0.3, -0.25) is 52.7 Å². The van der Waals surface area contributed by atoms with Crippen LogP contribution >= 0.6 is 11.8 Å². The molecule has 2 fully saturated rings. The van der Waals surface area contributed by atoms with E-state index in [0.29, 0.717) is 31.4 Å². The second-order valence-corrected chi connectivity index (χ2v) is 15.4. The summed E-state index contributed by atoms with van der Waals surface area (Å²) >= 11 is 1.33. The zero-order chi connectivity index (χ0) is 46.4. The van der Waals surface area contributed by atoms with Crippen molar-refractivity contribution in [3.63, 3.8) is 0 Å². The van der Waals surface area contributed by atoms with Crippen LogP contribution in [0.2, 0.25) is 0 Å². The lowest BCUT2D eigenvalue weighted by molar-refractivity contribution is -0.143. The van der Waals surface area contributed by atoms with Crippen LogP contribution in [0, 0.1) is 0 Å². The number of nitrogens with one attached hydrogen (secondary N) is 7. The highest BCUT2D eigenvalue weighted by Gasteiger charge is 2.39. The van der Waals surface area contributed by atoms with E-state index in [4.69, 9.17) is 16.6 Å². The maximum atomic E-state index is 13.6. The minimum Gasteiger partial charge on any atom is -0.481 e. The maximum Gasteiger partial charge on any atom is 0.322 e. The van der Waals surface area contributed by atoms with Gasteiger partial charge in [-0.1, -0.05) is 0 Å². The fraction of sp³-hybridized carbons (Fsp3) is 0.694. The smallest absolute Gasteiger partial charge is 0.322 e. The number of nitrogens with two attached hydrogens (primary N) is 2. The summed E-state index contributed by atoms with van der Waals surface area (Å²) in [5, 5.41) is 44.4. The molecule has 0 aromatic heterocycles. The molecule has 2 aliphatic heterocycles. The molecular formula is C36H59N11O14S. The summed E-state index contributed by atoms with van der Waals surface area (Å²) in [5.41, 5.74) is 10.9. The first-order chi connectivity index (χ1) is 29.5. The standard InChI is InChI=1S/C36H59N11O14S/c1-62-13-9-21(32(57)41-18-30(54)55)44-33(58)22(14-29(52)53)42-27(50)16-39-31(56)20(6-2-3-10-37)45-35(60)25-8-4-11-46(25)28(51)17-40-34(59)24-7-5-12-47(24)36(61)23(19-48)43-26(49)15-38/h20-25,48H,2-19,37-38H2,1H3,(H,39,56)(H,40,59)(H,41,57)(H,42,50)(H,43,49)(H,44,58)(H,45,60)(H,52,53)(H,54,55)/t20-,21-,22-,23-,24-,25-/m0/s1. The molecule has 2 aliphatic rings. The van der Waals surface area contributed by atoms with Crippen molar-refractivity contribution >= 4 is 76.9 Å². The molecule has 0 aliphatic carbocycles. The molecule has 25 nitrogen and oxygen atoms in total. The Morgan fingerprint density at radius 3 is 1.82 bits per heavy atom. The van der Waals surface area contributed by atoms with Crippen molar-refractivity contribution in [1.29, 1.82) is 0 Å². The molecule has 62 heavy (non-hydrogen) atoms. The number of carbonyl (C=O) groups is 11. The first-order valence-corrected chi connectivity index (χ1v) is 21.4. The van der Waals surface area contributed by atoms with Gasteiger partial charge in [-0.2, -0.15) is 11.8 Å². The highest BCUT2D eigenvalue weighted by molar-refractivity contribution is 7.98. The van der Waals surface area contributed by atoms with Crippen LogP contribution < -0.4 is 48.7 Å². The van der Waals surface area contributed by atoms with Gasteiger partial charge >= 0.3 is 11.9 Å². The lowest BCUT2D eigenvalue weighted by Gasteiger charge is -2.29. The van der Waals surface area contributed by atoms with Crippen molar-refractivity contribution in [3.05, 3.63) is 0 Å². The van der Waals surface area contributed by atoms with E-state index in [-0.39, 0.29) is 45.3 Å². The molecule has 26 heteroatoms. The van der Waals surface area contributed by atoms with Crippen molar-refractivity contribution < 1.29 is 68.1 Å². The first-order valence-electron chi connectivity index (χ1n) is 20.0. The number of nitrogens with zero attached hydrogens (tertiary/aromatic N) is 2. The molecular weight excluding hydrogens is 843 g/mol. The minimum absolute atomic E-state index is 0.0542. The molecule has 0 aromatic rings. The van der Waals surface area contributed by atoms with E-state index in [0.717, 1.165) is 0 Å². The van der Waals surface area contributed by atoms with E-state index in [1.54, 1.807) is 6.26 Å². The number of likely N-dealkylation sites (tertiary alicyclic amines) is 2. The number of amides is 9. The van der Waals surface area contributed by atoms with Gasteiger partial charge in [0.1, 0.15) is 42.8 Å². The summed E-state index contributed by atoms with van der Waals surface area (Å²) in [4.78, 5) is 142. The topological polar surface area (TPSA) is 391 Å². The third-order valence-electron chi connectivity index (χ3n) is 9.82. The van der Waals surface area contributed by atoms with Gasteiger partial charge in [-0.15, -0.1) is 0 Å². The molecule has 0 bridgehead atoms. The Kier molecular flexibility index (Phi) is 23.2. The van der Waals surface area contributed by atoms with Crippen LogP contribution in [0.25, 0.3) is 0 Å². The summed E-state index contributed by atoms with van der Waals surface area (Å²) in [6, 6.07) is -7.51. The Morgan fingerprint density at radius 2 is 1.24 bits per heavy atom. The molecule has 0 aromatic carbocycles. The van der Waals surface area contributed by atoms with E-state index in [1.807, 2.05) is 0 Å². The summed E-state index contributed by atoms with van der Waals surface area (Å²) in [6.45, 7) is -2.57. The molecule has 348 valence electrons. The third-order valence-corrected chi connectivity index (χ3v) is 10.5. The molecule has 0 radical (unpaired) electrons. The minimum atomic E-state index is -1.70. The maximum absolute atomic E-state index is 13.6. The molecule has 6 atom stereocenters. The van der Waals surface area contributed by atoms with Gasteiger partial charge in [-0.05, 0) is 69.9 Å². The van der Waals surface area contributed by atoms with E-state index in [2.05, 4.69) is 37.2 Å². The number of aliphatic hydroxyl groups excluding tert-OH is 1. The quantitative estimate of drug-likeness (QED) is 0.0341. The normalized spacial score (nSPS) is 17.7. The first kappa shape index (κ1) is 52.5. The largest absolute Gasteiger partial charge is 0.481 e. The van der Waals surface area contributed by atoms with Crippen LogP contribution in [-0.4, -0.2) is 191 Å². The van der Waals surface area contributed by atoms with Crippen LogP contribution in [-0.2, 0) is 52.7 Å². The number of thioether (sulfide) groups is 1. The Hall–Kier alpha value is -5.60. The predicted octanol–water partition coefficient (Wildman–Crippen LogP) is -6.35. The van der Waals surface area contributed by atoms with Crippen molar-refractivity contribution in [2.45, 2.75) is 94.0 Å². The summed E-state index contributed by atoms with van der Waals surface area (Å²) in [7, 11) is 0. The molecule has 9 amide bonds. The highest BCUT2D eigenvalue weighted by atomic mass is 32.2. The Labute approximate surface area is 361 Å². The molecule has 2 heterocycles. The number of carboxylic acids is 2. The summed E-state index contributed by atoms with van der Waals surface area (Å²) < 4.78 is 0. The molecule has 0 spiro atoms. The van der Waals surface area contributed by atoms with Crippen molar-refractivity contribution in [1.82, 2.24) is 47.0 Å². The number of aliphatic hydroxyl groups is 1. The Balaban J connectivity index is 2.05. The van der Waals surface area contributed by atoms with Crippen molar-refractivity contribution in [2.75, 3.05) is 64.4 Å². The average Bonchev–Trinajstić information content (AvgIpc) is 3.94. The van der Waals surface area contributed by atoms with E-state index in [9.17, 15) is 63.0 Å². The van der Waals surface area contributed by atoms with Crippen LogP contribution in [0.1, 0.15) is 57.8 Å². The van der Waals surface area contributed by atoms with Gasteiger partial charge in [-0.25, -0.2) is 0 Å². The van der Waals surface area contributed by atoms with Crippen LogP contribution in [0.4, 0.5) is 0 Å². The fourth-order valence-corrected chi connectivity index (χ4v) is 7.15. The Bertz CT molecular complexity index is 1640. The average molecular weight is 902 g/mol. The predicted molar refractivity (Wildman–Crippen MR) is 218 cm³/mol. The monoisotopic (exact) mass is 901 g/mol. The van der Waals surface area contributed by atoms with Gasteiger partial charge in [0.2, 0.25) is 53.2 Å².